The van der Waals surface area contributed by atoms with Gasteiger partial charge in [0.25, 0.3) is 0 Å². The number of carbonyl (C=O) groups excluding carboxylic acids is 1. The summed E-state index contributed by atoms with van der Waals surface area (Å²) in [6.45, 7) is 1.89. The van der Waals surface area contributed by atoms with Crippen LogP contribution in [0.15, 0.2) is 22.9 Å². The minimum absolute atomic E-state index is 0.0250. The molecular weight excluding hydrogens is 310 g/mol. The van der Waals surface area contributed by atoms with E-state index in [1.165, 1.54) is 13.3 Å². The Morgan fingerprint density at radius 1 is 1.53 bits per heavy atom. The summed E-state index contributed by atoms with van der Waals surface area (Å²) in [7, 11) is 3.35. The van der Waals surface area contributed by atoms with Crippen LogP contribution in [-0.4, -0.2) is 27.7 Å². The molecule has 0 amide bonds. The molecular formula is C13H14BrN3O2. The van der Waals surface area contributed by atoms with Crippen LogP contribution in [0.4, 0.5) is 0 Å². The number of aryl methyl sites for hydroxylation is 2. The molecule has 0 bridgehead atoms. The van der Waals surface area contributed by atoms with Gasteiger partial charge in [-0.3, -0.25) is 14.5 Å². The Morgan fingerprint density at radius 3 is 2.84 bits per heavy atom. The van der Waals surface area contributed by atoms with Crippen molar-refractivity contribution in [2.45, 2.75) is 13.3 Å². The third-order valence-electron chi connectivity index (χ3n) is 2.89. The molecule has 0 fully saturated rings. The highest BCUT2D eigenvalue weighted by Crippen LogP contribution is 2.24. The molecule has 0 saturated carbocycles. The van der Waals surface area contributed by atoms with Gasteiger partial charge in [-0.15, -0.1) is 0 Å². The number of methoxy groups -OCH3 is 1. The summed E-state index contributed by atoms with van der Waals surface area (Å²) in [5.74, 6) is 0.463. The van der Waals surface area contributed by atoms with Crippen LogP contribution >= 0.6 is 15.9 Å². The average Bonchev–Trinajstić information content (AvgIpc) is 2.65. The highest BCUT2D eigenvalue weighted by atomic mass is 79.9. The molecule has 0 saturated heterocycles. The lowest BCUT2D eigenvalue weighted by atomic mass is 10.1. The molecule has 5 nitrogen and oxygen atoms in total. The molecule has 100 valence electrons. The van der Waals surface area contributed by atoms with Crippen molar-refractivity contribution in [3.63, 3.8) is 0 Å². The molecule has 0 aliphatic rings. The van der Waals surface area contributed by atoms with Gasteiger partial charge in [-0.05, 0) is 28.9 Å². The van der Waals surface area contributed by atoms with E-state index in [-0.39, 0.29) is 12.2 Å². The number of halogens is 1. The second kappa shape index (κ2) is 5.52. The number of ether oxygens (including phenoxy) is 1. The molecule has 0 unspecified atom stereocenters. The minimum Gasteiger partial charge on any atom is -0.494 e. The van der Waals surface area contributed by atoms with E-state index in [0.717, 1.165) is 15.9 Å². The third kappa shape index (κ3) is 2.68. The summed E-state index contributed by atoms with van der Waals surface area (Å²) in [6, 6.07) is 1.66. The second-order valence-corrected chi connectivity index (χ2v) is 4.94. The van der Waals surface area contributed by atoms with Crippen molar-refractivity contribution >= 4 is 21.7 Å². The van der Waals surface area contributed by atoms with Crippen molar-refractivity contribution in [1.82, 2.24) is 14.8 Å². The Morgan fingerprint density at radius 2 is 2.26 bits per heavy atom. The fraction of sp³-hybridized carbons (Fsp3) is 0.308. The second-order valence-electron chi connectivity index (χ2n) is 4.15. The van der Waals surface area contributed by atoms with Crippen LogP contribution in [0.1, 0.15) is 21.7 Å². The number of nitrogens with zero attached hydrogens (tertiary/aromatic N) is 3. The molecule has 0 atom stereocenters. The highest BCUT2D eigenvalue weighted by molar-refractivity contribution is 9.10. The molecule has 2 heterocycles. The molecule has 0 N–H and O–H groups in total. The largest absolute Gasteiger partial charge is 0.494 e. The van der Waals surface area contributed by atoms with Crippen LogP contribution in [0, 0.1) is 6.92 Å². The fourth-order valence-corrected chi connectivity index (χ4v) is 2.37. The number of aromatic nitrogens is 3. The van der Waals surface area contributed by atoms with E-state index < -0.39 is 0 Å². The minimum atomic E-state index is -0.0250. The van der Waals surface area contributed by atoms with Crippen LogP contribution in [0.3, 0.4) is 0 Å². The summed E-state index contributed by atoms with van der Waals surface area (Å²) >= 11 is 3.46. The predicted octanol–water partition coefficient (Wildman–Crippen LogP) is 2.32. The summed E-state index contributed by atoms with van der Waals surface area (Å²) in [5.41, 5.74) is 2.25. The number of hydrogen-bond acceptors (Lipinski definition) is 4. The smallest absolute Gasteiger partial charge is 0.172 e. The number of hydrogen-bond donors (Lipinski definition) is 0. The van der Waals surface area contributed by atoms with Gasteiger partial charge >= 0.3 is 0 Å². The maximum absolute atomic E-state index is 12.3. The van der Waals surface area contributed by atoms with Crippen LogP contribution in [-0.2, 0) is 13.5 Å². The van der Waals surface area contributed by atoms with Gasteiger partial charge in [0, 0.05) is 13.2 Å². The van der Waals surface area contributed by atoms with Crippen LogP contribution in [0.5, 0.6) is 5.75 Å². The monoisotopic (exact) mass is 323 g/mol. The number of carbonyl (C=O) groups is 1. The summed E-state index contributed by atoms with van der Waals surface area (Å²) in [6.07, 6.45) is 3.38. The van der Waals surface area contributed by atoms with Gasteiger partial charge < -0.3 is 4.74 Å². The lowest BCUT2D eigenvalue weighted by molar-refractivity contribution is 0.0987. The first-order valence-corrected chi connectivity index (χ1v) is 6.53. The molecule has 0 aromatic carbocycles. The number of pyridine rings is 1. The van der Waals surface area contributed by atoms with E-state index >= 15 is 0 Å². The van der Waals surface area contributed by atoms with E-state index in [1.54, 1.807) is 16.9 Å². The van der Waals surface area contributed by atoms with Gasteiger partial charge in [-0.25, -0.2) is 0 Å². The average molecular weight is 324 g/mol. The van der Waals surface area contributed by atoms with Crippen molar-refractivity contribution in [2.24, 2.45) is 7.05 Å². The Hall–Kier alpha value is -1.69. The maximum Gasteiger partial charge on any atom is 0.172 e. The lowest BCUT2D eigenvalue weighted by Crippen LogP contribution is -2.10. The van der Waals surface area contributed by atoms with Gasteiger partial charge in [0.1, 0.15) is 5.75 Å². The summed E-state index contributed by atoms with van der Waals surface area (Å²) in [4.78, 5) is 16.3. The lowest BCUT2D eigenvalue weighted by Gasteiger charge is -2.07. The van der Waals surface area contributed by atoms with Gasteiger partial charge in [-0.1, -0.05) is 0 Å². The molecule has 2 aromatic rings. The van der Waals surface area contributed by atoms with E-state index in [2.05, 4.69) is 26.0 Å². The van der Waals surface area contributed by atoms with Gasteiger partial charge in [0.05, 0.1) is 41.2 Å². The number of Topliss-reactive ketones (excluding diaryl/α,β-unsaturated/α-hetero) is 1. The van der Waals surface area contributed by atoms with E-state index in [0.29, 0.717) is 11.3 Å². The van der Waals surface area contributed by atoms with Gasteiger partial charge in [0.2, 0.25) is 0 Å². The van der Waals surface area contributed by atoms with Crippen molar-refractivity contribution in [1.29, 1.82) is 0 Å². The zero-order chi connectivity index (χ0) is 14.0. The van der Waals surface area contributed by atoms with Crippen LogP contribution in [0.2, 0.25) is 0 Å². The Balaban J connectivity index is 2.31. The topological polar surface area (TPSA) is 57.0 Å². The Labute approximate surface area is 119 Å². The van der Waals surface area contributed by atoms with Gasteiger partial charge in [-0.2, -0.15) is 5.10 Å². The third-order valence-corrected chi connectivity index (χ3v) is 3.93. The van der Waals surface area contributed by atoms with Gasteiger partial charge in [0.15, 0.2) is 5.78 Å². The predicted molar refractivity (Wildman–Crippen MR) is 74.5 cm³/mol. The molecule has 19 heavy (non-hydrogen) atoms. The zero-order valence-electron chi connectivity index (χ0n) is 11.0. The molecule has 0 aliphatic heterocycles. The molecule has 0 radical (unpaired) electrons. The normalized spacial score (nSPS) is 10.5. The van der Waals surface area contributed by atoms with Crippen LogP contribution in [0.25, 0.3) is 0 Å². The SMILES string of the molecule is COc1cnccc1C(=O)Cc1c(Br)c(C)nn1C. The number of ketones is 1. The van der Waals surface area contributed by atoms with E-state index in [9.17, 15) is 4.79 Å². The van der Waals surface area contributed by atoms with Crippen molar-refractivity contribution in [3.05, 3.63) is 39.9 Å². The first-order valence-electron chi connectivity index (χ1n) is 5.73. The quantitative estimate of drug-likeness (QED) is 0.810. The first kappa shape index (κ1) is 13.7. The summed E-state index contributed by atoms with van der Waals surface area (Å²) in [5, 5.41) is 4.27. The Bertz CT molecular complexity index is 622. The maximum atomic E-state index is 12.3. The van der Waals surface area contributed by atoms with Crippen molar-refractivity contribution in [2.75, 3.05) is 7.11 Å². The standard InChI is InChI=1S/C13H14BrN3O2/c1-8-13(14)10(17(2)16-8)6-11(18)9-4-5-15-7-12(9)19-3/h4-5,7H,6H2,1-3H3. The molecule has 2 aromatic heterocycles. The van der Waals surface area contributed by atoms with Crippen molar-refractivity contribution in [3.8, 4) is 5.75 Å². The molecule has 2 rings (SSSR count). The first-order chi connectivity index (χ1) is 9.04. The Kier molecular flexibility index (Phi) is 3.99. The number of rotatable bonds is 4. The van der Waals surface area contributed by atoms with E-state index in [1.807, 2.05) is 14.0 Å². The summed E-state index contributed by atoms with van der Waals surface area (Å²) < 4.78 is 7.74. The zero-order valence-corrected chi connectivity index (χ0v) is 12.6. The van der Waals surface area contributed by atoms with Crippen LogP contribution < -0.4 is 4.74 Å². The molecule has 0 aliphatic carbocycles. The molecule has 0 spiro atoms. The fourth-order valence-electron chi connectivity index (χ4n) is 1.89. The van der Waals surface area contributed by atoms with Crippen molar-refractivity contribution < 1.29 is 9.53 Å². The highest BCUT2D eigenvalue weighted by Gasteiger charge is 2.18. The van der Waals surface area contributed by atoms with E-state index in [4.69, 9.17) is 4.74 Å². The molecule has 6 heteroatoms.